The van der Waals surface area contributed by atoms with Crippen LogP contribution in [-0.4, -0.2) is 77.0 Å². The first kappa shape index (κ1) is 23.2. The van der Waals surface area contributed by atoms with E-state index in [0.29, 0.717) is 6.42 Å². The molecule has 0 aromatic heterocycles. The standard InChI is InChI=1S/C20H24N4O8/c25-9-15(27)21-7-2-8-22-16(28)10-32-13-4-1-3-11-17(13)20(31)24(19(11)30)12-5-6-14(26)23-18(12)29/h1,3-4,12,20,25,31H,2,5-10H2,(H,21,27)(H,22,28)(H,23,26,29). The molecular weight excluding hydrogens is 424 g/mol. The minimum Gasteiger partial charge on any atom is -0.483 e. The van der Waals surface area contributed by atoms with Gasteiger partial charge in [-0.2, -0.15) is 0 Å². The number of imide groups is 1. The van der Waals surface area contributed by atoms with Crippen molar-refractivity contribution in [1.29, 1.82) is 0 Å². The summed E-state index contributed by atoms with van der Waals surface area (Å²) in [6.45, 7) is -0.419. The second kappa shape index (κ2) is 10.2. The highest BCUT2D eigenvalue weighted by Gasteiger charge is 2.45. The van der Waals surface area contributed by atoms with Crippen LogP contribution in [0.5, 0.6) is 5.75 Å². The minimum absolute atomic E-state index is 0.0520. The van der Waals surface area contributed by atoms with Gasteiger partial charge in [-0.15, -0.1) is 0 Å². The smallest absolute Gasteiger partial charge is 0.257 e. The maximum absolute atomic E-state index is 12.8. The van der Waals surface area contributed by atoms with E-state index in [1.807, 2.05) is 0 Å². The van der Waals surface area contributed by atoms with Gasteiger partial charge in [-0.3, -0.25) is 34.2 Å². The van der Waals surface area contributed by atoms with Crippen LogP contribution < -0.4 is 20.7 Å². The summed E-state index contributed by atoms with van der Waals surface area (Å²) in [6.07, 6.45) is -0.863. The lowest BCUT2D eigenvalue weighted by atomic mass is 10.0. The number of piperidine rings is 1. The van der Waals surface area contributed by atoms with Crippen molar-refractivity contribution in [3.8, 4) is 5.75 Å². The van der Waals surface area contributed by atoms with E-state index >= 15 is 0 Å². The third-order valence-electron chi connectivity index (χ3n) is 5.10. The fraction of sp³-hybridized carbons (Fsp3) is 0.450. The molecule has 2 unspecified atom stereocenters. The summed E-state index contributed by atoms with van der Waals surface area (Å²) in [5, 5.41) is 26.6. The molecule has 12 heteroatoms. The summed E-state index contributed by atoms with van der Waals surface area (Å²) in [7, 11) is 0. The Labute approximate surface area is 182 Å². The number of nitrogens with one attached hydrogen (secondary N) is 3. The largest absolute Gasteiger partial charge is 0.483 e. The van der Waals surface area contributed by atoms with E-state index in [1.54, 1.807) is 0 Å². The van der Waals surface area contributed by atoms with Gasteiger partial charge in [-0.1, -0.05) is 6.07 Å². The Morgan fingerprint density at radius 2 is 1.88 bits per heavy atom. The van der Waals surface area contributed by atoms with Gasteiger partial charge in [0, 0.05) is 19.5 Å². The second-order valence-corrected chi connectivity index (χ2v) is 7.27. The molecule has 1 aromatic carbocycles. The van der Waals surface area contributed by atoms with Gasteiger partial charge >= 0.3 is 0 Å². The number of carbonyl (C=O) groups excluding carboxylic acids is 5. The van der Waals surface area contributed by atoms with Gasteiger partial charge in [0.2, 0.25) is 17.7 Å². The molecule has 1 saturated heterocycles. The van der Waals surface area contributed by atoms with Gasteiger partial charge in [-0.05, 0) is 25.0 Å². The molecule has 0 radical (unpaired) electrons. The molecule has 2 atom stereocenters. The topological polar surface area (TPSA) is 174 Å². The first-order valence-electron chi connectivity index (χ1n) is 10.1. The van der Waals surface area contributed by atoms with Gasteiger partial charge in [0.05, 0.1) is 11.1 Å². The summed E-state index contributed by atoms with van der Waals surface area (Å²) in [6, 6.07) is 3.53. The molecule has 172 valence electrons. The summed E-state index contributed by atoms with van der Waals surface area (Å²) < 4.78 is 5.51. The van der Waals surface area contributed by atoms with Crippen LogP contribution in [0.2, 0.25) is 0 Å². The molecule has 5 N–H and O–H groups in total. The molecule has 0 saturated carbocycles. The molecular formula is C20H24N4O8. The molecule has 2 heterocycles. The van der Waals surface area contributed by atoms with E-state index in [4.69, 9.17) is 9.84 Å². The Morgan fingerprint density at radius 3 is 2.56 bits per heavy atom. The van der Waals surface area contributed by atoms with Crippen molar-refractivity contribution in [2.24, 2.45) is 0 Å². The van der Waals surface area contributed by atoms with Gasteiger partial charge in [0.1, 0.15) is 18.4 Å². The lowest BCUT2D eigenvalue weighted by Crippen LogP contribution is -2.53. The van der Waals surface area contributed by atoms with Crippen molar-refractivity contribution in [1.82, 2.24) is 20.9 Å². The summed E-state index contributed by atoms with van der Waals surface area (Å²) >= 11 is 0. The van der Waals surface area contributed by atoms with Gasteiger partial charge in [0.15, 0.2) is 12.8 Å². The van der Waals surface area contributed by atoms with Crippen LogP contribution in [0.1, 0.15) is 41.4 Å². The Bertz CT molecular complexity index is 934. The molecule has 2 aliphatic heterocycles. The summed E-state index contributed by atoms with van der Waals surface area (Å²) in [4.78, 5) is 60.3. The lowest BCUT2D eigenvalue weighted by Gasteiger charge is -2.32. The van der Waals surface area contributed by atoms with Gasteiger partial charge in [-0.25, -0.2) is 0 Å². The molecule has 12 nitrogen and oxygen atoms in total. The zero-order chi connectivity index (χ0) is 23.3. The Hall–Kier alpha value is -3.51. The van der Waals surface area contributed by atoms with Crippen LogP contribution in [-0.2, 0) is 19.2 Å². The van der Waals surface area contributed by atoms with Gasteiger partial charge < -0.3 is 25.6 Å². The van der Waals surface area contributed by atoms with Crippen molar-refractivity contribution in [2.75, 3.05) is 26.3 Å². The molecule has 0 bridgehead atoms. The summed E-state index contributed by atoms with van der Waals surface area (Å²) in [5.74, 6) is -2.48. The van der Waals surface area contributed by atoms with Crippen molar-refractivity contribution in [2.45, 2.75) is 31.5 Å². The van der Waals surface area contributed by atoms with Crippen molar-refractivity contribution in [3.63, 3.8) is 0 Å². The average molecular weight is 448 g/mol. The van der Waals surface area contributed by atoms with Crippen LogP contribution in [0.25, 0.3) is 0 Å². The predicted octanol–water partition coefficient (Wildman–Crippen LogP) is -2.07. The lowest BCUT2D eigenvalue weighted by molar-refractivity contribution is -0.139. The second-order valence-electron chi connectivity index (χ2n) is 7.27. The highest BCUT2D eigenvalue weighted by atomic mass is 16.5. The number of rotatable bonds is 9. The van der Waals surface area contributed by atoms with E-state index in [-0.39, 0.29) is 49.4 Å². The van der Waals surface area contributed by atoms with Crippen LogP contribution in [0.4, 0.5) is 0 Å². The monoisotopic (exact) mass is 448 g/mol. The van der Waals surface area contributed by atoms with Crippen molar-refractivity contribution < 1.29 is 38.9 Å². The maximum atomic E-state index is 12.8. The molecule has 1 aromatic rings. The van der Waals surface area contributed by atoms with E-state index in [9.17, 15) is 29.1 Å². The van der Waals surface area contributed by atoms with Crippen LogP contribution in [0, 0.1) is 0 Å². The molecule has 3 rings (SSSR count). The van der Waals surface area contributed by atoms with E-state index in [1.165, 1.54) is 18.2 Å². The Morgan fingerprint density at radius 1 is 1.16 bits per heavy atom. The molecule has 1 fully saturated rings. The normalized spacial score (nSPS) is 19.9. The number of benzene rings is 1. The predicted molar refractivity (Wildman–Crippen MR) is 107 cm³/mol. The van der Waals surface area contributed by atoms with E-state index in [2.05, 4.69) is 16.0 Å². The first-order chi connectivity index (χ1) is 15.3. The van der Waals surface area contributed by atoms with E-state index in [0.717, 1.165) is 4.90 Å². The quantitative estimate of drug-likeness (QED) is 0.212. The van der Waals surface area contributed by atoms with Crippen molar-refractivity contribution in [3.05, 3.63) is 29.3 Å². The van der Waals surface area contributed by atoms with Crippen LogP contribution in [0.15, 0.2) is 18.2 Å². The average Bonchev–Trinajstić information content (AvgIpc) is 3.02. The number of carbonyl (C=O) groups is 5. The minimum atomic E-state index is -1.46. The third kappa shape index (κ3) is 5.03. The number of hydrogen-bond donors (Lipinski definition) is 5. The van der Waals surface area contributed by atoms with Crippen molar-refractivity contribution >= 4 is 29.5 Å². The number of fused-ring (bicyclic) bond motifs is 1. The molecule has 32 heavy (non-hydrogen) atoms. The summed E-state index contributed by atoms with van der Waals surface area (Å²) in [5.41, 5.74) is 0.307. The molecule has 0 aliphatic carbocycles. The number of hydrogen-bond acceptors (Lipinski definition) is 8. The zero-order valence-electron chi connectivity index (χ0n) is 17.1. The SMILES string of the molecule is O=C(CO)NCCCNC(=O)COc1cccc2c1C(O)N(C1CCC(=O)NC1=O)C2=O. The zero-order valence-corrected chi connectivity index (χ0v) is 17.1. The van der Waals surface area contributed by atoms with Crippen LogP contribution in [0.3, 0.4) is 0 Å². The number of ether oxygens (including phenoxy) is 1. The first-order valence-corrected chi connectivity index (χ1v) is 10.1. The molecule has 5 amide bonds. The highest BCUT2D eigenvalue weighted by Crippen LogP contribution is 2.40. The fourth-order valence-corrected chi connectivity index (χ4v) is 3.57. The molecule has 2 aliphatic rings. The highest BCUT2D eigenvalue weighted by molar-refractivity contribution is 6.06. The Kier molecular flexibility index (Phi) is 7.38. The Balaban J connectivity index is 1.58. The van der Waals surface area contributed by atoms with E-state index < -0.39 is 48.4 Å². The van der Waals surface area contributed by atoms with Crippen LogP contribution >= 0.6 is 0 Å². The number of amides is 5. The fourth-order valence-electron chi connectivity index (χ4n) is 3.57. The number of aliphatic hydroxyl groups is 2. The third-order valence-corrected chi connectivity index (χ3v) is 5.10. The maximum Gasteiger partial charge on any atom is 0.257 e. The molecule has 0 spiro atoms. The number of aliphatic hydroxyl groups excluding tert-OH is 2. The number of nitrogens with zero attached hydrogens (tertiary/aromatic N) is 1. The van der Waals surface area contributed by atoms with Gasteiger partial charge in [0.25, 0.3) is 11.8 Å².